The Morgan fingerprint density at radius 2 is 2.05 bits per heavy atom. The second-order valence-corrected chi connectivity index (χ2v) is 5.95. The molecule has 0 spiro atoms. The van der Waals surface area contributed by atoms with Crippen molar-refractivity contribution in [3.63, 3.8) is 0 Å². The summed E-state index contributed by atoms with van der Waals surface area (Å²) in [6.07, 6.45) is 1.96. The number of phenols is 1. The fraction of sp³-hybridized carbons (Fsp3) is 0.400. The van der Waals surface area contributed by atoms with Gasteiger partial charge in [0.25, 0.3) is 0 Å². The molecule has 0 bridgehead atoms. The SMILES string of the molecule is Cn1cc(CNc2ccc(O)c(F)c2)c(C(C)(C)C)n1. The first kappa shape index (κ1) is 14.4. The maximum atomic E-state index is 13.3. The van der Waals surface area contributed by atoms with E-state index in [2.05, 4.69) is 31.2 Å². The average Bonchev–Trinajstić information content (AvgIpc) is 2.72. The molecule has 1 aromatic carbocycles. The average molecular weight is 277 g/mol. The van der Waals surface area contributed by atoms with Crippen LogP contribution in [0.4, 0.5) is 10.1 Å². The van der Waals surface area contributed by atoms with Gasteiger partial charge >= 0.3 is 0 Å². The van der Waals surface area contributed by atoms with Gasteiger partial charge in [-0.05, 0) is 12.1 Å². The van der Waals surface area contributed by atoms with Gasteiger partial charge in [-0.2, -0.15) is 5.10 Å². The highest BCUT2D eigenvalue weighted by molar-refractivity contribution is 5.47. The fourth-order valence-electron chi connectivity index (χ4n) is 2.11. The van der Waals surface area contributed by atoms with Crippen LogP contribution in [0.5, 0.6) is 5.75 Å². The van der Waals surface area contributed by atoms with E-state index in [4.69, 9.17) is 5.11 Å². The summed E-state index contributed by atoms with van der Waals surface area (Å²) in [6, 6.07) is 4.26. The van der Waals surface area contributed by atoms with Crippen LogP contribution < -0.4 is 5.32 Å². The molecule has 20 heavy (non-hydrogen) atoms. The van der Waals surface area contributed by atoms with Gasteiger partial charge in [-0.15, -0.1) is 0 Å². The first-order chi connectivity index (χ1) is 9.27. The molecule has 0 saturated heterocycles. The molecule has 2 aromatic rings. The van der Waals surface area contributed by atoms with Crippen molar-refractivity contribution in [3.05, 3.63) is 41.5 Å². The van der Waals surface area contributed by atoms with Crippen molar-refractivity contribution in [2.75, 3.05) is 5.32 Å². The van der Waals surface area contributed by atoms with Gasteiger partial charge in [0.15, 0.2) is 11.6 Å². The van der Waals surface area contributed by atoms with Gasteiger partial charge < -0.3 is 10.4 Å². The Labute approximate surface area is 118 Å². The number of nitrogens with one attached hydrogen (secondary N) is 1. The molecule has 0 radical (unpaired) electrons. The summed E-state index contributed by atoms with van der Waals surface area (Å²) in [4.78, 5) is 0. The fourth-order valence-corrected chi connectivity index (χ4v) is 2.11. The number of hydrogen-bond donors (Lipinski definition) is 2. The van der Waals surface area contributed by atoms with Crippen molar-refractivity contribution >= 4 is 5.69 Å². The van der Waals surface area contributed by atoms with Crippen molar-refractivity contribution in [2.24, 2.45) is 7.05 Å². The summed E-state index contributed by atoms with van der Waals surface area (Å²) in [7, 11) is 1.89. The Balaban J connectivity index is 2.17. The molecule has 0 aliphatic carbocycles. The number of halogens is 1. The van der Waals surface area contributed by atoms with E-state index in [1.165, 1.54) is 12.1 Å². The molecule has 0 aliphatic heterocycles. The first-order valence-corrected chi connectivity index (χ1v) is 6.53. The van der Waals surface area contributed by atoms with Gasteiger partial charge in [0.1, 0.15) is 0 Å². The minimum absolute atomic E-state index is 0.0432. The van der Waals surface area contributed by atoms with Crippen molar-refractivity contribution in [1.29, 1.82) is 0 Å². The highest BCUT2D eigenvalue weighted by Gasteiger charge is 2.21. The van der Waals surface area contributed by atoms with Crippen LogP contribution in [-0.2, 0) is 19.0 Å². The molecule has 0 atom stereocenters. The van der Waals surface area contributed by atoms with Gasteiger partial charge in [-0.1, -0.05) is 20.8 Å². The van der Waals surface area contributed by atoms with E-state index in [1.807, 2.05) is 13.2 Å². The van der Waals surface area contributed by atoms with Gasteiger partial charge in [0.2, 0.25) is 0 Å². The van der Waals surface area contributed by atoms with E-state index < -0.39 is 5.82 Å². The van der Waals surface area contributed by atoms with Crippen LogP contribution in [0.25, 0.3) is 0 Å². The van der Waals surface area contributed by atoms with E-state index in [0.717, 1.165) is 11.3 Å². The zero-order chi connectivity index (χ0) is 14.9. The Morgan fingerprint density at radius 3 is 2.65 bits per heavy atom. The maximum Gasteiger partial charge on any atom is 0.166 e. The third-order valence-corrected chi connectivity index (χ3v) is 3.05. The molecule has 0 saturated carbocycles. The maximum absolute atomic E-state index is 13.3. The van der Waals surface area contributed by atoms with E-state index >= 15 is 0 Å². The zero-order valence-electron chi connectivity index (χ0n) is 12.2. The number of benzene rings is 1. The molecule has 0 unspecified atom stereocenters. The lowest BCUT2D eigenvalue weighted by atomic mass is 9.89. The van der Waals surface area contributed by atoms with Crippen LogP contribution >= 0.6 is 0 Å². The normalized spacial score (nSPS) is 11.7. The molecule has 4 nitrogen and oxygen atoms in total. The molecule has 0 aliphatic rings. The van der Waals surface area contributed by atoms with Crippen LogP contribution in [0.2, 0.25) is 0 Å². The van der Waals surface area contributed by atoms with Gasteiger partial charge in [-0.3, -0.25) is 4.68 Å². The van der Waals surface area contributed by atoms with Crippen LogP contribution in [-0.4, -0.2) is 14.9 Å². The summed E-state index contributed by atoms with van der Waals surface area (Å²) < 4.78 is 15.1. The van der Waals surface area contributed by atoms with Gasteiger partial charge in [-0.25, -0.2) is 4.39 Å². The molecule has 0 amide bonds. The number of aromatic nitrogens is 2. The van der Waals surface area contributed by atoms with E-state index in [-0.39, 0.29) is 11.2 Å². The minimum Gasteiger partial charge on any atom is -0.505 e. The van der Waals surface area contributed by atoms with Crippen molar-refractivity contribution in [3.8, 4) is 5.75 Å². The number of aryl methyl sites for hydroxylation is 1. The summed E-state index contributed by atoms with van der Waals surface area (Å²) in [5.41, 5.74) is 2.68. The van der Waals surface area contributed by atoms with Crippen molar-refractivity contribution < 1.29 is 9.50 Å². The van der Waals surface area contributed by atoms with Gasteiger partial charge in [0.05, 0.1) is 5.69 Å². The predicted molar refractivity (Wildman–Crippen MR) is 77.3 cm³/mol. The van der Waals surface area contributed by atoms with Crippen LogP contribution in [0.1, 0.15) is 32.0 Å². The molecule has 1 aromatic heterocycles. The van der Waals surface area contributed by atoms with Crippen LogP contribution in [0.3, 0.4) is 0 Å². The Kier molecular flexibility index (Phi) is 3.70. The smallest absolute Gasteiger partial charge is 0.166 e. The number of aromatic hydroxyl groups is 1. The Morgan fingerprint density at radius 1 is 1.35 bits per heavy atom. The molecule has 108 valence electrons. The summed E-state index contributed by atoms with van der Waals surface area (Å²) in [5.74, 6) is -0.968. The number of anilines is 1. The predicted octanol–water partition coefficient (Wildman–Crippen LogP) is 3.17. The summed E-state index contributed by atoms with van der Waals surface area (Å²) in [5, 5.41) is 16.8. The lowest BCUT2D eigenvalue weighted by Gasteiger charge is -2.18. The molecule has 0 fully saturated rings. The molecular weight excluding hydrogens is 257 g/mol. The highest BCUT2D eigenvalue weighted by Crippen LogP contribution is 2.25. The largest absolute Gasteiger partial charge is 0.505 e. The second-order valence-electron chi connectivity index (χ2n) is 5.95. The Hall–Kier alpha value is -2.04. The number of rotatable bonds is 3. The number of nitrogens with zero attached hydrogens (tertiary/aromatic N) is 2. The van der Waals surface area contributed by atoms with E-state index in [9.17, 15) is 4.39 Å². The van der Waals surface area contributed by atoms with Crippen molar-refractivity contribution in [1.82, 2.24) is 9.78 Å². The molecule has 2 N–H and O–H groups in total. The molecule has 5 heteroatoms. The lowest BCUT2D eigenvalue weighted by molar-refractivity contribution is 0.432. The summed E-state index contributed by atoms with van der Waals surface area (Å²) in [6.45, 7) is 6.89. The molecule has 2 rings (SSSR count). The van der Waals surface area contributed by atoms with E-state index in [0.29, 0.717) is 12.2 Å². The summed E-state index contributed by atoms with van der Waals surface area (Å²) >= 11 is 0. The second kappa shape index (κ2) is 5.15. The van der Waals surface area contributed by atoms with Crippen LogP contribution in [0, 0.1) is 5.82 Å². The van der Waals surface area contributed by atoms with E-state index in [1.54, 1.807) is 10.7 Å². The first-order valence-electron chi connectivity index (χ1n) is 6.53. The lowest BCUT2D eigenvalue weighted by Crippen LogP contribution is -2.16. The monoisotopic (exact) mass is 277 g/mol. The Bertz CT molecular complexity index is 614. The quantitative estimate of drug-likeness (QED) is 0.847. The minimum atomic E-state index is -0.628. The standard InChI is InChI=1S/C15H20FN3O/c1-15(2,3)14-10(9-19(4)18-14)8-17-11-5-6-13(20)12(16)7-11/h5-7,9,17,20H,8H2,1-4H3. The third-order valence-electron chi connectivity index (χ3n) is 3.05. The van der Waals surface area contributed by atoms with Crippen molar-refractivity contribution in [2.45, 2.75) is 32.7 Å². The van der Waals surface area contributed by atoms with Gasteiger partial charge in [0, 0.05) is 42.5 Å². The highest BCUT2D eigenvalue weighted by atomic mass is 19.1. The third kappa shape index (κ3) is 3.10. The zero-order valence-corrected chi connectivity index (χ0v) is 12.2. The van der Waals surface area contributed by atoms with Crippen LogP contribution in [0.15, 0.2) is 24.4 Å². The molecular formula is C15H20FN3O. The number of hydrogen-bond acceptors (Lipinski definition) is 3. The molecule has 1 heterocycles. The topological polar surface area (TPSA) is 50.1 Å². The number of phenolic OH excluding ortho intramolecular Hbond substituents is 1.